The maximum Gasteiger partial charge on any atom is 0.0306 e. The number of nitrogens with one attached hydrogen (secondary N) is 1. The normalized spacial score (nSPS) is 30.5. The topological polar surface area (TPSA) is 15.3 Å². The number of hydrogen-bond donors (Lipinski definition) is 1. The second kappa shape index (κ2) is 3.75. The summed E-state index contributed by atoms with van der Waals surface area (Å²) in [5.41, 5.74) is 0.335. The van der Waals surface area contributed by atoms with Crippen molar-refractivity contribution in [3.05, 3.63) is 0 Å². The molecule has 0 bridgehead atoms. The summed E-state index contributed by atoms with van der Waals surface area (Å²) in [4.78, 5) is 2.57. The Morgan fingerprint density at radius 2 is 2.17 bits per heavy atom. The molecule has 0 aromatic heterocycles. The van der Waals surface area contributed by atoms with Gasteiger partial charge in [0.25, 0.3) is 0 Å². The lowest BCUT2D eigenvalue weighted by Crippen LogP contribution is -2.60. The van der Waals surface area contributed by atoms with Gasteiger partial charge in [0.15, 0.2) is 0 Å². The zero-order chi connectivity index (χ0) is 9.19. The van der Waals surface area contributed by atoms with Gasteiger partial charge in [-0.05, 0) is 46.8 Å². The number of hydrogen-bond acceptors (Lipinski definition) is 2. The molecule has 0 aromatic carbocycles. The molecule has 1 unspecified atom stereocenters. The van der Waals surface area contributed by atoms with Gasteiger partial charge in [0.2, 0.25) is 0 Å². The first-order valence-electron chi connectivity index (χ1n) is 5.05. The monoisotopic (exact) mass is 170 g/mol. The average Bonchev–Trinajstić information content (AvgIpc) is 2.03. The van der Waals surface area contributed by atoms with E-state index in [-0.39, 0.29) is 0 Å². The third kappa shape index (κ3) is 1.64. The molecule has 1 atom stereocenters. The molecule has 1 fully saturated rings. The molecule has 1 heterocycles. The predicted molar refractivity (Wildman–Crippen MR) is 53.4 cm³/mol. The van der Waals surface area contributed by atoms with Crippen LogP contribution in [-0.4, -0.2) is 36.6 Å². The van der Waals surface area contributed by atoms with Crippen molar-refractivity contribution in [1.82, 2.24) is 10.2 Å². The van der Waals surface area contributed by atoms with E-state index in [1.807, 2.05) is 0 Å². The lowest BCUT2D eigenvalue weighted by Gasteiger charge is -2.47. The molecule has 1 N–H and O–H groups in total. The second-order valence-electron chi connectivity index (χ2n) is 4.22. The molecule has 1 rings (SSSR count). The van der Waals surface area contributed by atoms with E-state index in [9.17, 15) is 0 Å². The van der Waals surface area contributed by atoms with Gasteiger partial charge in [-0.25, -0.2) is 0 Å². The summed E-state index contributed by atoms with van der Waals surface area (Å²) in [6.45, 7) is 9.38. The molecule has 0 spiro atoms. The van der Waals surface area contributed by atoms with Crippen LogP contribution >= 0.6 is 0 Å². The van der Waals surface area contributed by atoms with Crippen LogP contribution in [0.2, 0.25) is 0 Å². The minimum absolute atomic E-state index is 0.335. The number of likely N-dealkylation sites (tertiary alicyclic amines) is 1. The first-order chi connectivity index (χ1) is 5.62. The van der Waals surface area contributed by atoms with Crippen molar-refractivity contribution in [3.8, 4) is 0 Å². The predicted octanol–water partition coefficient (Wildman–Crippen LogP) is 1.47. The van der Waals surface area contributed by atoms with Crippen LogP contribution in [0.4, 0.5) is 0 Å². The van der Waals surface area contributed by atoms with Gasteiger partial charge in [0.05, 0.1) is 0 Å². The zero-order valence-electron chi connectivity index (χ0n) is 8.85. The van der Waals surface area contributed by atoms with Crippen LogP contribution in [-0.2, 0) is 0 Å². The summed E-state index contributed by atoms with van der Waals surface area (Å²) in [5, 5.41) is 3.42. The van der Waals surface area contributed by atoms with Crippen LogP contribution in [0.15, 0.2) is 0 Å². The summed E-state index contributed by atoms with van der Waals surface area (Å²) in [6, 6.07) is 0.659. The molecule has 1 aliphatic heterocycles. The van der Waals surface area contributed by atoms with Crippen molar-refractivity contribution in [2.45, 2.75) is 45.2 Å². The minimum Gasteiger partial charge on any atom is -0.315 e. The standard InChI is InChI=1S/C10H22N2/c1-5-12-8-6-7-9(11-4)10(12,2)3/h9,11H,5-8H2,1-4H3. The quantitative estimate of drug-likeness (QED) is 0.675. The van der Waals surface area contributed by atoms with Gasteiger partial charge in [-0.2, -0.15) is 0 Å². The Morgan fingerprint density at radius 1 is 1.50 bits per heavy atom. The smallest absolute Gasteiger partial charge is 0.0306 e. The third-order valence-electron chi connectivity index (χ3n) is 3.32. The number of nitrogens with zero attached hydrogens (tertiary/aromatic N) is 1. The Morgan fingerprint density at radius 3 is 2.67 bits per heavy atom. The molecular weight excluding hydrogens is 148 g/mol. The van der Waals surface area contributed by atoms with Crippen molar-refractivity contribution in [3.63, 3.8) is 0 Å². The highest BCUT2D eigenvalue weighted by atomic mass is 15.2. The highest BCUT2D eigenvalue weighted by Gasteiger charge is 2.36. The van der Waals surface area contributed by atoms with E-state index < -0.39 is 0 Å². The lowest BCUT2D eigenvalue weighted by atomic mass is 9.85. The van der Waals surface area contributed by atoms with Crippen molar-refractivity contribution in [2.24, 2.45) is 0 Å². The lowest BCUT2D eigenvalue weighted by molar-refractivity contribution is 0.0510. The number of likely N-dealkylation sites (N-methyl/N-ethyl adjacent to an activating group) is 2. The molecule has 12 heavy (non-hydrogen) atoms. The highest BCUT2D eigenvalue weighted by molar-refractivity contribution is 4.95. The van der Waals surface area contributed by atoms with Crippen molar-refractivity contribution in [1.29, 1.82) is 0 Å². The molecule has 2 heteroatoms. The molecule has 72 valence electrons. The molecule has 2 nitrogen and oxygen atoms in total. The largest absolute Gasteiger partial charge is 0.315 e. The summed E-state index contributed by atoms with van der Waals surface area (Å²) >= 11 is 0. The van der Waals surface area contributed by atoms with Gasteiger partial charge in [0, 0.05) is 11.6 Å². The fraction of sp³-hybridized carbons (Fsp3) is 1.00. The molecule has 0 amide bonds. The molecule has 0 aliphatic carbocycles. The number of rotatable bonds is 2. The second-order valence-corrected chi connectivity index (χ2v) is 4.22. The van der Waals surface area contributed by atoms with E-state index in [1.54, 1.807) is 0 Å². The molecule has 1 aliphatic rings. The third-order valence-corrected chi connectivity index (χ3v) is 3.32. The van der Waals surface area contributed by atoms with Crippen molar-refractivity contribution in [2.75, 3.05) is 20.1 Å². The first-order valence-corrected chi connectivity index (χ1v) is 5.05. The van der Waals surface area contributed by atoms with Crippen molar-refractivity contribution >= 4 is 0 Å². The van der Waals surface area contributed by atoms with Gasteiger partial charge in [0.1, 0.15) is 0 Å². The fourth-order valence-corrected chi connectivity index (χ4v) is 2.41. The summed E-state index contributed by atoms with van der Waals surface area (Å²) in [7, 11) is 2.07. The molecular formula is C10H22N2. The van der Waals surface area contributed by atoms with E-state index >= 15 is 0 Å². The summed E-state index contributed by atoms with van der Waals surface area (Å²) in [5.74, 6) is 0. The molecule has 1 saturated heterocycles. The summed E-state index contributed by atoms with van der Waals surface area (Å²) < 4.78 is 0. The molecule has 0 aromatic rings. The van der Waals surface area contributed by atoms with Gasteiger partial charge < -0.3 is 5.32 Å². The maximum absolute atomic E-state index is 3.42. The van der Waals surface area contributed by atoms with Crippen LogP contribution in [0.25, 0.3) is 0 Å². The molecule has 0 saturated carbocycles. The van der Waals surface area contributed by atoms with Gasteiger partial charge >= 0.3 is 0 Å². The maximum atomic E-state index is 3.42. The molecule has 0 radical (unpaired) electrons. The minimum atomic E-state index is 0.335. The average molecular weight is 170 g/mol. The Bertz CT molecular complexity index is 129. The van der Waals surface area contributed by atoms with Crippen LogP contribution in [0.1, 0.15) is 33.6 Å². The Labute approximate surface area is 76.3 Å². The Balaban J connectivity index is 2.67. The van der Waals surface area contributed by atoms with Crippen LogP contribution in [0, 0.1) is 0 Å². The van der Waals surface area contributed by atoms with Crippen LogP contribution in [0.3, 0.4) is 0 Å². The number of piperidine rings is 1. The highest BCUT2D eigenvalue weighted by Crippen LogP contribution is 2.26. The van der Waals surface area contributed by atoms with E-state index in [0.717, 1.165) is 0 Å². The fourth-order valence-electron chi connectivity index (χ4n) is 2.41. The SMILES string of the molecule is CCN1CCCC(NC)C1(C)C. The first kappa shape index (κ1) is 10.0. The van der Waals surface area contributed by atoms with Crippen LogP contribution < -0.4 is 5.32 Å². The Hall–Kier alpha value is -0.0800. The van der Waals surface area contributed by atoms with Crippen molar-refractivity contribution < 1.29 is 0 Å². The van der Waals surface area contributed by atoms with Gasteiger partial charge in [-0.1, -0.05) is 6.92 Å². The van der Waals surface area contributed by atoms with Gasteiger partial charge in [-0.3, -0.25) is 4.90 Å². The van der Waals surface area contributed by atoms with Gasteiger partial charge in [-0.15, -0.1) is 0 Å². The Kier molecular flexibility index (Phi) is 3.13. The van der Waals surface area contributed by atoms with E-state index in [4.69, 9.17) is 0 Å². The van der Waals surface area contributed by atoms with E-state index in [2.05, 4.69) is 38.0 Å². The van der Waals surface area contributed by atoms with E-state index in [1.165, 1.54) is 25.9 Å². The van der Waals surface area contributed by atoms with E-state index in [0.29, 0.717) is 11.6 Å². The van der Waals surface area contributed by atoms with Crippen LogP contribution in [0.5, 0.6) is 0 Å². The zero-order valence-corrected chi connectivity index (χ0v) is 8.85. The summed E-state index contributed by atoms with van der Waals surface area (Å²) in [6.07, 6.45) is 2.66.